The van der Waals surface area contributed by atoms with Gasteiger partial charge in [-0.2, -0.15) is 0 Å². The van der Waals surface area contributed by atoms with Gasteiger partial charge in [0.1, 0.15) is 10.6 Å². The quantitative estimate of drug-likeness (QED) is 0.795. The Kier molecular flexibility index (Phi) is 3.27. The van der Waals surface area contributed by atoms with Crippen LogP contribution in [-0.4, -0.2) is 26.1 Å². The van der Waals surface area contributed by atoms with E-state index in [1.807, 2.05) is 25.4 Å². The van der Waals surface area contributed by atoms with Crippen molar-refractivity contribution >= 4 is 27.4 Å². The Labute approximate surface area is 119 Å². The monoisotopic (exact) mass is 289 g/mol. The first-order valence-electron chi connectivity index (χ1n) is 6.40. The lowest BCUT2D eigenvalue weighted by atomic mass is 10.3. The van der Waals surface area contributed by atoms with E-state index >= 15 is 0 Å². The zero-order chi connectivity index (χ0) is 14.1. The molecule has 104 valence electrons. The van der Waals surface area contributed by atoms with Gasteiger partial charge in [-0.15, -0.1) is 11.3 Å². The molecular formula is C13H15N5OS. The second kappa shape index (κ2) is 5.09. The van der Waals surface area contributed by atoms with Crippen LogP contribution < -0.4 is 11.0 Å². The molecule has 3 aromatic heterocycles. The van der Waals surface area contributed by atoms with E-state index in [1.54, 1.807) is 32.9 Å². The maximum absolute atomic E-state index is 12.0. The number of fused-ring (bicyclic) bond motifs is 1. The summed E-state index contributed by atoms with van der Waals surface area (Å²) in [5.41, 5.74) is -0.0339. The predicted molar refractivity (Wildman–Crippen MR) is 80.4 cm³/mol. The Hall–Kier alpha value is -2.15. The van der Waals surface area contributed by atoms with E-state index in [-0.39, 0.29) is 5.69 Å². The van der Waals surface area contributed by atoms with Crippen LogP contribution in [0.5, 0.6) is 0 Å². The highest BCUT2D eigenvalue weighted by molar-refractivity contribution is 7.16. The fraction of sp³-hybridized carbons (Fsp3) is 0.308. The van der Waals surface area contributed by atoms with Gasteiger partial charge in [0.2, 0.25) is 0 Å². The van der Waals surface area contributed by atoms with Crippen molar-refractivity contribution in [1.29, 1.82) is 0 Å². The van der Waals surface area contributed by atoms with Crippen LogP contribution in [0.15, 0.2) is 28.6 Å². The minimum absolute atomic E-state index is 0.0339. The zero-order valence-electron chi connectivity index (χ0n) is 11.3. The van der Waals surface area contributed by atoms with Crippen LogP contribution in [0.4, 0.5) is 5.82 Å². The Morgan fingerprint density at radius 1 is 1.30 bits per heavy atom. The van der Waals surface area contributed by atoms with Crippen LogP contribution in [-0.2, 0) is 13.1 Å². The molecule has 3 heterocycles. The van der Waals surface area contributed by atoms with Gasteiger partial charge in [-0.1, -0.05) is 0 Å². The van der Waals surface area contributed by atoms with Gasteiger partial charge in [-0.3, -0.25) is 9.13 Å². The van der Waals surface area contributed by atoms with Crippen molar-refractivity contribution in [3.05, 3.63) is 40.1 Å². The minimum atomic E-state index is -0.0339. The van der Waals surface area contributed by atoms with Gasteiger partial charge in [-0.25, -0.2) is 14.8 Å². The third-order valence-electron chi connectivity index (χ3n) is 3.18. The lowest BCUT2D eigenvalue weighted by Gasteiger charge is -2.05. The van der Waals surface area contributed by atoms with Gasteiger partial charge >= 0.3 is 5.69 Å². The Balaban J connectivity index is 2.01. The van der Waals surface area contributed by atoms with Crippen LogP contribution in [0.1, 0.15) is 12.7 Å². The molecule has 0 saturated heterocycles. The van der Waals surface area contributed by atoms with E-state index in [4.69, 9.17) is 0 Å². The van der Waals surface area contributed by atoms with Crippen molar-refractivity contribution in [2.45, 2.75) is 20.0 Å². The van der Waals surface area contributed by atoms with Crippen molar-refractivity contribution in [1.82, 2.24) is 19.1 Å². The first kappa shape index (κ1) is 12.9. The number of rotatable bonds is 4. The van der Waals surface area contributed by atoms with Crippen molar-refractivity contribution in [2.24, 2.45) is 0 Å². The maximum atomic E-state index is 12.0. The average Bonchev–Trinajstić information content (AvgIpc) is 3.05. The number of anilines is 1. The number of imidazole rings is 1. The van der Waals surface area contributed by atoms with Crippen LogP contribution in [0.3, 0.4) is 0 Å². The van der Waals surface area contributed by atoms with E-state index in [0.717, 1.165) is 16.0 Å². The van der Waals surface area contributed by atoms with Crippen molar-refractivity contribution in [2.75, 3.05) is 12.4 Å². The summed E-state index contributed by atoms with van der Waals surface area (Å²) in [6, 6.07) is 2.00. The van der Waals surface area contributed by atoms with Gasteiger partial charge in [0, 0.05) is 26.0 Å². The maximum Gasteiger partial charge on any atom is 0.328 e. The molecule has 0 amide bonds. The third kappa shape index (κ3) is 2.09. The van der Waals surface area contributed by atoms with Crippen molar-refractivity contribution in [3.8, 4) is 0 Å². The minimum Gasteiger partial charge on any atom is -0.372 e. The molecule has 0 unspecified atom stereocenters. The molecular weight excluding hydrogens is 274 g/mol. The Morgan fingerprint density at radius 2 is 2.10 bits per heavy atom. The van der Waals surface area contributed by atoms with Crippen LogP contribution in [0.25, 0.3) is 10.2 Å². The molecule has 0 atom stereocenters. The molecule has 0 aliphatic carbocycles. The summed E-state index contributed by atoms with van der Waals surface area (Å²) in [5, 5.41) is 6.08. The molecule has 3 rings (SSSR count). The molecule has 7 heteroatoms. The van der Waals surface area contributed by atoms with Gasteiger partial charge in [0.05, 0.1) is 11.9 Å². The van der Waals surface area contributed by atoms with E-state index in [1.165, 1.54) is 0 Å². The highest BCUT2D eigenvalue weighted by atomic mass is 32.1. The van der Waals surface area contributed by atoms with Gasteiger partial charge in [0.15, 0.2) is 5.82 Å². The number of nitrogens with one attached hydrogen (secondary N) is 1. The lowest BCUT2D eigenvalue weighted by molar-refractivity contribution is 0.655. The number of aromatic nitrogens is 4. The number of thiophene rings is 1. The van der Waals surface area contributed by atoms with Gasteiger partial charge in [-0.05, 0) is 18.4 Å². The van der Waals surface area contributed by atoms with E-state index in [2.05, 4.69) is 15.3 Å². The second-order valence-corrected chi connectivity index (χ2v) is 5.27. The number of hydrogen-bond donors (Lipinski definition) is 1. The summed E-state index contributed by atoms with van der Waals surface area (Å²) in [7, 11) is 1.84. The molecule has 0 aromatic carbocycles. The Morgan fingerprint density at radius 3 is 2.80 bits per heavy atom. The molecule has 3 aromatic rings. The highest BCUT2D eigenvalue weighted by Gasteiger charge is 2.10. The topological polar surface area (TPSA) is 64.7 Å². The van der Waals surface area contributed by atoms with Crippen LogP contribution >= 0.6 is 11.3 Å². The summed E-state index contributed by atoms with van der Waals surface area (Å²) in [6.07, 6.45) is 3.55. The molecule has 6 nitrogen and oxygen atoms in total. The molecule has 1 N–H and O–H groups in total. The summed E-state index contributed by atoms with van der Waals surface area (Å²) in [4.78, 5) is 22.0. The average molecular weight is 289 g/mol. The molecule has 0 radical (unpaired) electrons. The van der Waals surface area contributed by atoms with E-state index in [9.17, 15) is 4.79 Å². The zero-order valence-corrected chi connectivity index (χ0v) is 12.1. The third-order valence-corrected chi connectivity index (χ3v) is 3.99. The molecule has 0 spiro atoms. The number of nitrogens with zero attached hydrogens (tertiary/aromatic N) is 4. The van der Waals surface area contributed by atoms with Crippen molar-refractivity contribution < 1.29 is 0 Å². The molecule has 0 aliphatic rings. The lowest BCUT2D eigenvalue weighted by Crippen LogP contribution is -2.24. The largest absolute Gasteiger partial charge is 0.372 e. The van der Waals surface area contributed by atoms with Crippen LogP contribution in [0.2, 0.25) is 0 Å². The fourth-order valence-corrected chi connectivity index (χ4v) is 2.91. The second-order valence-electron chi connectivity index (χ2n) is 4.37. The molecule has 0 bridgehead atoms. The first-order chi connectivity index (χ1) is 9.72. The Bertz CT molecular complexity index is 801. The predicted octanol–water partition coefficient (Wildman–Crippen LogP) is 1.76. The molecule has 0 fully saturated rings. The van der Waals surface area contributed by atoms with Gasteiger partial charge < -0.3 is 5.32 Å². The summed E-state index contributed by atoms with van der Waals surface area (Å²) < 4.78 is 3.28. The molecule has 0 saturated carbocycles. The summed E-state index contributed by atoms with van der Waals surface area (Å²) in [5.74, 6) is 1.44. The normalized spacial score (nSPS) is 11.1. The number of aryl methyl sites for hydroxylation is 1. The standard InChI is InChI=1S/C13H15N5OS/c1-3-17-5-6-18(13(17)19)8-10-15-11(14-2)9-4-7-20-12(9)16-10/h4-7H,3,8H2,1-2H3,(H,14,15,16). The molecule has 0 aliphatic heterocycles. The number of hydrogen-bond acceptors (Lipinski definition) is 5. The molecule has 20 heavy (non-hydrogen) atoms. The fourth-order valence-electron chi connectivity index (χ4n) is 2.13. The summed E-state index contributed by atoms with van der Waals surface area (Å²) in [6.45, 7) is 2.99. The van der Waals surface area contributed by atoms with E-state index in [0.29, 0.717) is 18.9 Å². The first-order valence-corrected chi connectivity index (χ1v) is 7.28. The highest BCUT2D eigenvalue weighted by Crippen LogP contribution is 2.24. The summed E-state index contributed by atoms with van der Waals surface area (Å²) >= 11 is 1.57. The van der Waals surface area contributed by atoms with Crippen molar-refractivity contribution in [3.63, 3.8) is 0 Å². The smallest absolute Gasteiger partial charge is 0.328 e. The van der Waals surface area contributed by atoms with E-state index < -0.39 is 0 Å². The van der Waals surface area contributed by atoms with Gasteiger partial charge in [0.25, 0.3) is 0 Å². The van der Waals surface area contributed by atoms with Crippen LogP contribution in [0, 0.1) is 0 Å². The SMILES string of the molecule is CCn1ccn(Cc2nc(NC)c3ccsc3n2)c1=O.